The van der Waals surface area contributed by atoms with Crippen LogP contribution in [0.15, 0.2) is 60.7 Å². The minimum atomic E-state index is -0.381. The number of benzene rings is 2. The number of rotatable bonds is 8. The van der Waals surface area contributed by atoms with Crippen molar-refractivity contribution in [3.05, 3.63) is 71.8 Å². The van der Waals surface area contributed by atoms with Gasteiger partial charge in [0.1, 0.15) is 12.0 Å². The van der Waals surface area contributed by atoms with Gasteiger partial charge in [-0.25, -0.2) is 0 Å². The first-order valence-electron chi connectivity index (χ1n) is 12.3. The maximum Gasteiger partial charge on any atom is 0.318 e. The lowest BCUT2D eigenvalue weighted by molar-refractivity contribution is -0.168. The zero-order valence-electron chi connectivity index (χ0n) is 19.8. The molecule has 2 aromatic rings. The van der Waals surface area contributed by atoms with Crippen LogP contribution in [0.25, 0.3) is 0 Å². The minimum absolute atomic E-state index is 0.00329. The summed E-state index contributed by atoms with van der Waals surface area (Å²) < 4.78 is 6.47. The van der Waals surface area contributed by atoms with Gasteiger partial charge in [-0.3, -0.25) is 4.79 Å². The first-order chi connectivity index (χ1) is 15.6. The third kappa shape index (κ3) is 5.07. The topological polar surface area (TPSA) is 32.8 Å². The molecule has 0 amide bonds. The standard InChI is InChI=1S/C28H38N2O2/c1-4-5-18-30-19-23-16-17-25(29(2)3)24(20-30)27(23)32-28(31)26(21-12-8-6-9-13-21)22-14-10-7-11-15-22/h6-15,23-27H,4-5,16-20H2,1-3H3/t23?,24?,25-,27-/m1/s1. The third-order valence-corrected chi connectivity index (χ3v) is 7.42. The predicted octanol–water partition coefficient (Wildman–Crippen LogP) is 4.80. The number of piperidine rings is 1. The monoisotopic (exact) mass is 434 g/mol. The van der Waals surface area contributed by atoms with Crippen LogP contribution in [0.2, 0.25) is 0 Å². The van der Waals surface area contributed by atoms with Crippen LogP contribution >= 0.6 is 0 Å². The van der Waals surface area contributed by atoms with Crippen molar-refractivity contribution in [2.45, 2.75) is 50.7 Å². The largest absolute Gasteiger partial charge is 0.461 e. The number of carbonyl (C=O) groups is 1. The van der Waals surface area contributed by atoms with Gasteiger partial charge in [0, 0.05) is 31.0 Å². The van der Waals surface area contributed by atoms with Gasteiger partial charge in [-0.1, -0.05) is 74.0 Å². The van der Waals surface area contributed by atoms with Gasteiger partial charge in [-0.15, -0.1) is 0 Å². The van der Waals surface area contributed by atoms with Gasteiger partial charge >= 0.3 is 5.97 Å². The molecule has 2 unspecified atom stereocenters. The molecule has 0 spiro atoms. The van der Waals surface area contributed by atoms with Crippen LogP contribution < -0.4 is 0 Å². The molecule has 0 aromatic heterocycles. The van der Waals surface area contributed by atoms with E-state index in [1.54, 1.807) is 0 Å². The molecular formula is C28H38N2O2. The van der Waals surface area contributed by atoms with Crippen molar-refractivity contribution in [3.63, 3.8) is 0 Å². The van der Waals surface area contributed by atoms with E-state index in [2.05, 4.69) is 30.8 Å². The highest BCUT2D eigenvalue weighted by atomic mass is 16.5. The fourth-order valence-electron chi connectivity index (χ4n) is 5.80. The number of carbonyl (C=O) groups excluding carboxylic acids is 1. The molecule has 2 aliphatic rings. The van der Waals surface area contributed by atoms with Crippen molar-refractivity contribution in [1.82, 2.24) is 9.80 Å². The van der Waals surface area contributed by atoms with Crippen LogP contribution in [-0.4, -0.2) is 61.6 Å². The van der Waals surface area contributed by atoms with Crippen molar-refractivity contribution >= 4 is 5.97 Å². The minimum Gasteiger partial charge on any atom is -0.461 e. The second-order valence-corrected chi connectivity index (χ2v) is 9.80. The van der Waals surface area contributed by atoms with E-state index in [0.29, 0.717) is 17.9 Å². The molecule has 2 aromatic carbocycles. The summed E-state index contributed by atoms with van der Waals surface area (Å²) in [7, 11) is 4.34. The van der Waals surface area contributed by atoms with Crippen molar-refractivity contribution in [2.75, 3.05) is 33.7 Å². The summed E-state index contributed by atoms with van der Waals surface area (Å²) in [4.78, 5) is 18.7. The van der Waals surface area contributed by atoms with E-state index in [0.717, 1.165) is 37.2 Å². The first-order valence-corrected chi connectivity index (χ1v) is 12.3. The van der Waals surface area contributed by atoms with Gasteiger partial charge in [-0.2, -0.15) is 0 Å². The summed E-state index contributed by atoms with van der Waals surface area (Å²) in [6.45, 7) is 5.49. The maximum atomic E-state index is 13.7. The van der Waals surface area contributed by atoms with E-state index in [1.165, 1.54) is 19.3 Å². The Morgan fingerprint density at radius 3 is 2.19 bits per heavy atom. The van der Waals surface area contributed by atoms with Gasteiger partial charge in [0.05, 0.1) is 0 Å². The lowest BCUT2D eigenvalue weighted by atomic mass is 9.71. The summed E-state index contributed by atoms with van der Waals surface area (Å²) in [5, 5.41) is 0. The summed E-state index contributed by atoms with van der Waals surface area (Å²) in [6.07, 6.45) is 4.77. The summed E-state index contributed by atoms with van der Waals surface area (Å²) in [5.41, 5.74) is 2.00. The number of likely N-dealkylation sites (tertiary alicyclic amines) is 1. The number of fused-ring (bicyclic) bond motifs is 2. The molecule has 4 heteroatoms. The average molecular weight is 435 g/mol. The molecule has 4 rings (SSSR count). The van der Waals surface area contributed by atoms with Gasteiger partial charge in [0.25, 0.3) is 0 Å². The highest BCUT2D eigenvalue weighted by molar-refractivity contribution is 5.82. The van der Waals surface area contributed by atoms with E-state index in [1.807, 2.05) is 60.7 Å². The Morgan fingerprint density at radius 1 is 1.00 bits per heavy atom. The highest BCUT2D eigenvalue weighted by Gasteiger charge is 2.47. The van der Waals surface area contributed by atoms with Crippen LogP contribution in [0, 0.1) is 11.8 Å². The predicted molar refractivity (Wildman–Crippen MR) is 130 cm³/mol. The van der Waals surface area contributed by atoms with E-state index in [4.69, 9.17) is 4.74 Å². The summed E-state index contributed by atoms with van der Waals surface area (Å²) >= 11 is 0. The molecule has 1 saturated heterocycles. The zero-order chi connectivity index (χ0) is 22.5. The first kappa shape index (κ1) is 23.0. The smallest absolute Gasteiger partial charge is 0.318 e. The fraction of sp³-hybridized carbons (Fsp3) is 0.536. The van der Waals surface area contributed by atoms with Crippen LogP contribution in [0.3, 0.4) is 0 Å². The summed E-state index contributed by atoms with van der Waals surface area (Å²) in [6, 6.07) is 20.6. The summed E-state index contributed by atoms with van der Waals surface area (Å²) in [5.74, 6) is 0.307. The quantitative estimate of drug-likeness (QED) is 0.559. The number of nitrogens with zero attached hydrogens (tertiary/aromatic N) is 2. The Kier molecular flexibility index (Phi) is 7.64. The number of ether oxygens (including phenoxy) is 1. The van der Waals surface area contributed by atoms with Crippen molar-refractivity contribution in [1.29, 1.82) is 0 Å². The molecule has 2 bridgehead atoms. The van der Waals surface area contributed by atoms with Gasteiger partial charge in [0.2, 0.25) is 0 Å². The lowest BCUT2D eigenvalue weighted by Gasteiger charge is -2.51. The Hall–Kier alpha value is -2.17. The SMILES string of the molecule is CCCCN1CC2CC[C@@H](N(C)C)C(C1)[C@@H]2OC(=O)C(c1ccccc1)c1ccccc1. The molecule has 0 N–H and O–H groups in total. The molecule has 32 heavy (non-hydrogen) atoms. The highest BCUT2D eigenvalue weighted by Crippen LogP contribution is 2.40. The van der Waals surface area contributed by atoms with Crippen LogP contribution in [0.4, 0.5) is 0 Å². The molecular weight excluding hydrogens is 396 g/mol. The number of unbranched alkanes of at least 4 members (excludes halogenated alkanes) is 1. The fourth-order valence-corrected chi connectivity index (χ4v) is 5.80. The molecule has 1 aliphatic carbocycles. The Labute approximate surface area is 193 Å². The zero-order valence-corrected chi connectivity index (χ0v) is 19.8. The van der Waals surface area contributed by atoms with E-state index >= 15 is 0 Å². The lowest BCUT2D eigenvalue weighted by Crippen LogP contribution is -2.60. The van der Waals surface area contributed by atoms with E-state index in [-0.39, 0.29) is 18.0 Å². The molecule has 172 valence electrons. The molecule has 1 heterocycles. The second-order valence-electron chi connectivity index (χ2n) is 9.80. The maximum absolute atomic E-state index is 13.7. The van der Waals surface area contributed by atoms with E-state index < -0.39 is 0 Å². The molecule has 4 nitrogen and oxygen atoms in total. The number of esters is 1. The van der Waals surface area contributed by atoms with E-state index in [9.17, 15) is 4.79 Å². The Bertz CT molecular complexity index is 815. The third-order valence-electron chi connectivity index (χ3n) is 7.42. The average Bonchev–Trinajstić information content (AvgIpc) is 2.79. The normalized spacial score (nSPS) is 25.8. The molecule has 0 radical (unpaired) electrons. The van der Waals surface area contributed by atoms with Gasteiger partial charge < -0.3 is 14.5 Å². The second kappa shape index (κ2) is 10.6. The molecule has 2 fully saturated rings. The van der Waals surface area contributed by atoms with Crippen LogP contribution in [0.1, 0.15) is 49.7 Å². The van der Waals surface area contributed by atoms with Crippen molar-refractivity contribution in [2.24, 2.45) is 11.8 Å². The molecule has 1 aliphatic heterocycles. The number of hydrogen-bond donors (Lipinski definition) is 0. The van der Waals surface area contributed by atoms with Crippen molar-refractivity contribution in [3.8, 4) is 0 Å². The molecule has 4 atom stereocenters. The van der Waals surface area contributed by atoms with Gasteiger partial charge in [0.15, 0.2) is 0 Å². The van der Waals surface area contributed by atoms with Crippen LogP contribution in [0.5, 0.6) is 0 Å². The Morgan fingerprint density at radius 2 is 1.62 bits per heavy atom. The molecule has 1 saturated carbocycles. The number of hydrogen-bond acceptors (Lipinski definition) is 4. The Balaban J connectivity index is 1.58. The van der Waals surface area contributed by atoms with Crippen molar-refractivity contribution < 1.29 is 9.53 Å². The van der Waals surface area contributed by atoms with Gasteiger partial charge in [-0.05, 0) is 51.0 Å². The van der Waals surface area contributed by atoms with Crippen LogP contribution in [-0.2, 0) is 9.53 Å².